The predicted molar refractivity (Wildman–Crippen MR) is 369 cm³/mol. The van der Waals surface area contributed by atoms with Crippen LogP contribution >= 0.6 is 7.82 Å². The Morgan fingerprint density at radius 1 is 0.360 bits per heavy atom. The van der Waals surface area contributed by atoms with Crippen LogP contribution in [0, 0.1) is 0 Å². The number of quaternary nitrogens is 1. The van der Waals surface area contributed by atoms with Gasteiger partial charge in [-0.15, -0.1) is 0 Å². The summed E-state index contributed by atoms with van der Waals surface area (Å²) < 4.78 is 34.3. The van der Waals surface area contributed by atoms with Crippen LogP contribution in [0.5, 0.6) is 0 Å². The van der Waals surface area contributed by atoms with Crippen molar-refractivity contribution in [2.75, 3.05) is 47.5 Å². The van der Waals surface area contributed by atoms with Crippen LogP contribution in [0.2, 0.25) is 0 Å². The third-order valence-electron chi connectivity index (χ3n) is 15.0. The quantitative estimate of drug-likeness (QED) is 0.0195. The lowest BCUT2D eigenvalue weighted by molar-refractivity contribution is -0.870. The van der Waals surface area contributed by atoms with E-state index < -0.39 is 26.5 Å². The van der Waals surface area contributed by atoms with E-state index >= 15 is 0 Å². The summed E-state index contributed by atoms with van der Waals surface area (Å²) in [5, 5.41) is 0. The molecule has 2 atom stereocenters. The van der Waals surface area contributed by atoms with Crippen molar-refractivity contribution in [3.05, 3.63) is 122 Å². The molecular formula is C76H132NO8P. The summed E-state index contributed by atoms with van der Waals surface area (Å²) >= 11 is 0. The van der Waals surface area contributed by atoms with Crippen LogP contribution in [-0.4, -0.2) is 70.0 Å². The number of nitrogens with zero attached hydrogens (tertiary/aromatic N) is 1. The van der Waals surface area contributed by atoms with Gasteiger partial charge in [0.15, 0.2) is 6.10 Å². The van der Waals surface area contributed by atoms with E-state index in [2.05, 4.69) is 135 Å². The summed E-state index contributed by atoms with van der Waals surface area (Å²) in [6.07, 6.45) is 94.3. The molecule has 0 aromatic rings. The highest BCUT2D eigenvalue weighted by molar-refractivity contribution is 7.45. The van der Waals surface area contributed by atoms with Crippen LogP contribution in [-0.2, 0) is 32.7 Å². The first-order valence-corrected chi connectivity index (χ1v) is 36.7. The minimum atomic E-state index is -4.65. The van der Waals surface area contributed by atoms with Crippen molar-refractivity contribution in [2.24, 2.45) is 0 Å². The smallest absolute Gasteiger partial charge is 0.306 e. The minimum absolute atomic E-state index is 0.0381. The van der Waals surface area contributed by atoms with Gasteiger partial charge in [0.1, 0.15) is 19.8 Å². The molecule has 0 saturated heterocycles. The largest absolute Gasteiger partial charge is 0.756 e. The summed E-state index contributed by atoms with van der Waals surface area (Å²) in [4.78, 5) is 38.1. The number of esters is 2. The molecule has 0 N–H and O–H groups in total. The van der Waals surface area contributed by atoms with Crippen molar-refractivity contribution in [3.63, 3.8) is 0 Å². The third-order valence-corrected chi connectivity index (χ3v) is 15.9. The van der Waals surface area contributed by atoms with Gasteiger partial charge in [0, 0.05) is 12.8 Å². The molecule has 0 fully saturated rings. The number of hydrogen-bond donors (Lipinski definition) is 0. The molecule has 0 aromatic heterocycles. The Labute approximate surface area is 530 Å². The van der Waals surface area contributed by atoms with Crippen molar-refractivity contribution >= 4 is 19.8 Å². The summed E-state index contributed by atoms with van der Waals surface area (Å²) in [5.41, 5.74) is 0. The van der Waals surface area contributed by atoms with E-state index in [-0.39, 0.29) is 32.0 Å². The first-order chi connectivity index (χ1) is 42.0. The number of carbonyl (C=O) groups excluding carboxylic acids is 2. The van der Waals surface area contributed by atoms with Crippen molar-refractivity contribution in [2.45, 2.75) is 302 Å². The molecule has 0 bridgehead atoms. The van der Waals surface area contributed by atoms with E-state index in [1.807, 2.05) is 21.1 Å². The van der Waals surface area contributed by atoms with Gasteiger partial charge in [0.05, 0.1) is 27.7 Å². The maximum Gasteiger partial charge on any atom is 0.306 e. The summed E-state index contributed by atoms with van der Waals surface area (Å²) in [5.74, 6) is -0.846. The van der Waals surface area contributed by atoms with Gasteiger partial charge in [-0.3, -0.25) is 14.2 Å². The molecule has 494 valence electrons. The number of hydrogen-bond acceptors (Lipinski definition) is 8. The zero-order valence-corrected chi connectivity index (χ0v) is 57.1. The van der Waals surface area contributed by atoms with Gasteiger partial charge >= 0.3 is 11.9 Å². The van der Waals surface area contributed by atoms with E-state index in [9.17, 15) is 19.0 Å². The molecule has 2 unspecified atom stereocenters. The molecule has 0 spiro atoms. The molecule has 0 radical (unpaired) electrons. The molecule has 0 heterocycles. The van der Waals surface area contributed by atoms with Gasteiger partial charge in [-0.25, -0.2) is 0 Å². The molecule has 10 heteroatoms. The second-order valence-corrected chi connectivity index (χ2v) is 25.9. The van der Waals surface area contributed by atoms with Crippen LogP contribution in [0.25, 0.3) is 0 Å². The van der Waals surface area contributed by atoms with Crippen LogP contribution in [0.3, 0.4) is 0 Å². The Morgan fingerprint density at radius 2 is 0.628 bits per heavy atom. The molecular weight excluding hydrogens is 1090 g/mol. The minimum Gasteiger partial charge on any atom is -0.756 e. The zero-order valence-electron chi connectivity index (χ0n) is 56.2. The van der Waals surface area contributed by atoms with Crippen LogP contribution in [0.4, 0.5) is 0 Å². The average Bonchev–Trinajstić information content (AvgIpc) is 3.70. The number of rotatable bonds is 64. The van der Waals surface area contributed by atoms with Crippen LogP contribution in [0.1, 0.15) is 296 Å². The lowest BCUT2D eigenvalue weighted by Crippen LogP contribution is -2.37. The van der Waals surface area contributed by atoms with Crippen molar-refractivity contribution in [1.82, 2.24) is 0 Å². The molecule has 0 rings (SSSR count). The highest BCUT2D eigenvalue weighted by Crippen LogP contribution is 2.38. The van der Waals surface area contributed by atoms with Gasteiger partial charge in [-0.05, 0) is 103 Å². The van der Waals surface area contributed by atoms with Crippen LogP contribution < -0.4 is 4.89 Å². The Kier molecular flexibility index (Phi) is 63.1. The second kappa shape index (κ2) is 65.8. The molecule has 9 nitrogen and oxygen atoms in total. The fourth-order valence-corrected chi connectivity index (χ4v) is 10.4. The Morgan fingerprint density at radius 3 is 0.930 bits per heavy atom. The predicted octanol–water partition coefficient (Wildman–Crippen LogP) is 22.4. The molecule has 0 aliphatic rings. The van der Waals surface area contributed by atoms with Gasteiger partial charge in [0.25, 0.3) is 7.82 Å². The average molecular weight is 1220 g/mol. The number of allylic oxidation sites excluding steroid dienone is 20. The number of phosphoric acid groups is 1. The normalized spacial score (nSPS) is 13.9. The molecule has 0 amide bonds. The molecule has 0 aromatic carbocycles. The molecule has 0 aliphatic heterocycles. The van der Waals surface area contributed by atoms with E-state index in [4.69, 9.17) is 18.5 Å². The number of phosphoric ester groups is 1. The topological polar surface area (TPSA) is 111 Å². The molecule has 0 saturated carbocycles. The Balaban J connectivity index is 4.01. The van der Waals surface area contributed by atoms with Crippen molar-refractivity contribution < 1.29 is 42.1 Å². The van der Waals surface area contributed by atoms with E-state index in [0.29, 0.717) is 17.4 Å². The van der Waals surface area contributed by atoms with E-state index in [1.54, 1.807) is 0 Å². The fraction of sp³-hybridized carbons (Fsp3) is 0.711. The monoisotopic (exact) mass is 1220 g/mol. The zero-order chi connectivity index (χ0) is 62.6. The number of carbonyl (C=O) groups is 2. The van der Waals surface area contributed by atoms with Gasteiger partial charge in [-0.2, -0.15) is 0 Å². The summed E-state index contributed by atoms with van der Waals surface area (Å²) in [7, 11) is 1.15. The molecule has 0 aliphatic carbocycles. The number of ether oxygens (including phenoxy) is 2. The highest BCUT2D eigenvalue weighted by atomic mass is 31.2. The van der Waals surface area contributed by atoms with E-state index in [1.165, 1.54) is 141 Å². The third kappa shape index (κ3) is 69.5. The standard InChI is InChI=1S/C76H132NO8P/c1-6-8-10-12-14-16-18-20-22-24-26-28-30-32-33-34-35-36-37-38-39-40-41-42-43-45-46-48-50-52-54-56-58-60-62-64-66-68-75(78)82-72-74(73-84-86(80,81)83-71-70-77(3,4)5)85-76(79)69-67-65-63-61-59-57-55-53-51-49-47-44-31-29-27-25-23-21-19-17-15-13-11-9-7-2/h8-11,14-17,20-23,26-29,44,47,51,53,74H,6-7,12-13,18-19,24-25,30-43,45-46,48-50,52,54-73H2,1-5H3/b10-8-,11-9-,16-14-,17-15-,22-20-,23-21-,28-26-,29-27-,47-44-,53-51-. The number of unbranched alkanes of at least 4 members (excludes halogenated alkanes) is 30. The highest BCUT2D eigenvalue weighted by Gasteiger charge is 2.22. The van der Waals surface area contributed by atoms with E-state index in [0.717, 1.165) is 122 Å². The first-order valence-electron chi connectivity index (χ1n) is 35.2. The van der Waals surface area contributed by atoms with Gasteiger partial charge in [-0.1, -0.05) is 302 Å². The summed E-state index contributed by atoms with van der Waals surface area (Å²) in [6, 6.07) is 0. The number of likely N-dealkylation sites (N-methyl/N-ethyl adjacent to an activating group) is 1. The SMILES string of the molecule is CC/C=C\C/C=C\C/C=C\C/C=C\C/C=C\C/C=C\CCCCCCCCC(=O)OC(COC(=O)CCCCCCCCCCCCCCCCCCCCCCCCCC/C=C\C/C=C\C/C=C\C/C=C\CC)COP(=O)([O-])OCC[N+](C)(C)C. The second-order valence-electron chi connectivity index (χ2n) is 24.5. The van der Waals surface area contributed by atoms with Gasteiger partial charge < -0.3 is 27.9 Å². The maximum atomic E-state index is 12.8. The first kappa shape index (κ1) is 82.4. The van der Waals surface area contributed by atoms with Gasteiger partial charge in [0.2, 0.25) is 0 Å². The molecule has 86 heavy (non-hydrogen) atoms. The fourth-order valence-electron chi connectivity index (χ4n) is 9.65. The summed E-state index contributed by atoms with van der Waals surface area (Å²) in [6.45, 7) is 4.01. The van der Waals surface area contributed by atoms with Crippen LogP contribution in [0.15, 0.2) is 122 Å². The van der Waals surface area contributed by atoms with Crippen molar-refractivity contribution in [3.8, 4) is 0 Å². The lowest BCUT2D eigenvalue weighted by atomic mass is 10.0. The maximum absolute atomic E-state index is 12.8. The Hall–Kier alpha value is -3.59. The Bertz CT molecular complexity index is 1870. The lowest BCUT2D eigenvalue weighted by Gasteiger charge is -2.28. The van der Waals surface area contributed by atoms with Crippen molar-refractivity contribution in [1.29, 1.82) is 0 Å².